The number of aromatic nitrogens is 4. The largest absolute Gasteiger partial charge is 0.399 e. The molecule has 0 aliphatic heterocycles. The maximum atomic E-state index is 13.7. The Kier molecular flexibility index (Phi) is 3.83. The first-order chi connectivity index (χ1) is 8.72. The molecular weight excluding hydrogens is 237 g/mol. The van der Waals surface area contributed by atoms with Gasteiger partial charge in [0.1, 0.15) is 5.82 Å². The van der Waals surface area contributed by atoms with Crippen LogP contribution in [0.5, 0.6) is 0 Å². The van der Waals surface area contributed by atoms with Gasteiger partial charge in [-0.05, 0) is 35.0 Å². The maximum Gasteiger partial charge on any atom is 0.185 e. The van der Waals surface area contributed by atoms with Crippen LogP contribution in [0, 0.1) is 5.82 Å². The minimum absolute atomic E-state index is 0.303. The second kappa shape index (κ2) is 5.54. The number of hydrogen-bond acceptors (Lipinski definition) is 5. The highest BCUT2D eigenvalue weighted by atomic mass is 19.1. The molecule has 0 bridgehead atoms. The zero-order valence-electron chi connectivity index (χ0n) is 10.0. The van der Waals surface area contributed by atoms with Crippen LogP contribution in [0.15, 0.2) is 18.2 Å². The molecular formula is C11H14FN5O. The number of ether oxygens (including phenoxy) is 1. The van der Waals surface area contributed by atoms with Gasteiger partial charge in [0.2, 0.25) is 0 Å². The van der Waals surface area contributed by atoms with E-state index < -0.39 is 5.82 Å². The number of anilines is 1. The Morgan fingerprint density at radius 2 is 2.28 bits per heavy atom. The number of aryl methyl sites for hydroxylation is 1. The summed E-state index contributed by atoms with van der Waals surface area (Å²) < 4.78 is 20.2. The zero-order chi connectivity index (χ0) is 13.0. The van der Waals surface area contributed by atoms with Crippen molar-refractivity contribution in [2.75, 3.05) is 19.5 Å². The monoisotopic (exact) mass is 251 g/mol. The van der Waals surface area contributed by atoms with E-state index in [1.165, 1.54) is 22.9 Å². The van der Waals surface area contributed by atoms with Crippen LogP contribution in [0.3, 0.4) is 0 Å². The van der Waals surface area contributed by atoms with E-state index in [1.807, 2.05) is 0 Å². The van der Waals surface area contributed by atoms with Crippen molar-refractivity contribution in [3.63, 3.8) is 0 Å². The average molecular weight is 251 g/mol. The standard InChI is InChI=1S/C11H14FN5O/c1-18-6-2-5-17-11(14-15-16-17)9-7-8(13)3-4-10(9)12/h3-4,7H,2,5-6,13H2,1H3. The van der Waals surface area contributed by atoms with Crippen molar-refractivity contribution in [1.29, 1.82) is 0 Å². The lowest BCUT2D eigenvalue weighted by Gasteiger charge is -2.06. The summed E-state index contributed by atoms with van der Waals surface area (Å²) in [5.41, 5.74) is 6.41. The molecule has 18 heavy (non-hydrogen) atoms. The Morgan fingerprint density at radius 1 is 1.44 bits per heavy atom. The van der Waals surface area contributed by atoms with Crippen molar-refractivity contribution in [2.45, 2.75) is 13.0 Å². The lowest BCUT2D eigenvalue weighted by Crippen LogP contribution is -2.06. The number of halogens is 1. The van der Waals surface area contributed by atoms with E-state index in [0.717, 1.165) is 6.42 Å². The molecule has 0 amide bonds. The van der Waals surface area contributed by atoms with Gasteiger partial charge in [0, 0.05) is 25.9 Å². The second-order valence-corrected chi connectivity index (χ2v) is 3.81. The molecule has 0 atom stereocenters. The molecule has 0 radical (unpaired) electrons. The summed E-state index contributed by atoms with van der Waals surface area (Å²) in [4.78, 5) is 0. The number of methoxy groups -OCH3 is 1. The predicted octanol–water partition coefficient (Wildman–Crippen LogP) is 1.10. The normalized spacial score (nSPS) is 10.8. The quantitative estimate of drug-likeness (QED) is 0.636. The van der Waals surface area contributed by atoms with E-state index in [1.54, 1.807) is 7.11 Å². The van der Waals surface area contributed by atoms with Gasteiger partial charge in [-0.2, -0.15) is 0 Å². The van der Waals surface area contributed by atoms with E-state index in [2.05, 4.69) is 15.5 Å². The molecule has 0 saturated heterocycles. The van der Waals surface area contributed by atoms with Gasteiger partial charge in [-0.3, -0.25) is 0 Å². The van der Waals surface area contributed by atoms with Gasteiger partial charge in [-0.15, -0.1) is 5.10 Å². The van der Waals surface area contributed by atoms with Crippen molar-refractivity contribution < 1.29 is 9.13 Å². The van der Waals surface area contributed by atoms with E-state index in [4.69, 9.17) is 10.5 Å². The van der Waals surface area contributed by atoms with Crippen molar-refractivity contribution in [3.8, 4) is 11.4 Å². The predicted molar refractivity (Wildman–Crippen MR) is 64.1 cm³/mol. The summed E-state index contributed by atoms with van der Waals surface area (Å²) >= 11 is 0. The number of nitrogens with zero attached hydrogens (tertiary/aromatic N) is 4. The summed E-state index contributed by atoms with van der Waals surface area (Å²) in [6.07, 6.45) is 0.748. The van der Waals surface area contributed by atoms with Gasteiger partial charge in [-0.25, -0.2) is 9.07 Å². The molecule has 0 aliphatic carbocycles. The molecule has 2 aromatic rings. The van der Waals surface area contributed by atoms with Crippen molar-refractivity contribution in [2.24, 2.45) is 0 Å². The molecule has 96 valence electrons. The number of tetrazole rings is 1. The SMILES string of the molecule is COCCCn1nnnc1-c1cc(N)ccc1F. The van der Waals surface area contributed by atoms with Crippen LogP contribution < -0.4 is 5.73 Å². The van der Waals surface area contributed by atoms with Gasteiger partial charge in [0.15, 0.2) is 5.82 Å². The Bertz CT molecular complexity index is 528. The van der Waals surface area contributed by atoms with Gasteiger partial charge in [0.05, 0.1) is 5.56 Å². The second-order valence-electron chi connectivity index (χ2n) is 3.81. The van der Waals surface area contributed by atoms with Gasteiger partial charge in [-0.1, -0.05) is 0 Å². The first kappa shape index (κ1) is 12.4. The zero-order valence-corrected chi connectivity index (χ0v) is 10.0. The summed E-state index contributed by atoms with van der Waals surface area (Å²) in [5.74, 6) is -0.0251. The Hall–Kier alpha value is -2.02. The summed E-state index contributed by atoms with van der Waals surface area (Å²) in [7, 11) is 1.62. The fraction of sp³-hybridized carbons (Fsp3) is 0.364. The minimum Gasteiger partial charge on any atom is -0.399 e. The van der Waals surface area contributed by atoms with Gasteiger partial charge >= 0.3 is 0 Å². The molecule has 1 aromatic carbocycles. The molecule has 7 heteroatoms. The molecule has 1 heterocycles. The molecule has 6 nitrogen and oxygen atoms in total. The average Bonchev–Trinajstić information content (AvgIpc) is 2.81. The molecule has 0 saturated carbocycles. The van der Waals surface area contributed by atoms with Crippen molar-refractivity contribution >= 4 is 5.69 Å². The number of hydrogen-bond donors (Lipinski definition) is 1. The summed E-state index contributed by atoms with van der Waals surface area (Å²) in [6, 6.07) is 4.32. The fourth-order valence-electron chi connectivity index (χ4n) is 1.62. The van der Waals surface area contributed by atoms with E-state index in [-0.39, 0.29) is 0 Å². The first-order valence-corrected chi connectivity index (χ1v) is 5.53. The molecule has 0 fully saturated rings. The number of nitrogen functional groups attached to an aromatic ring is 1. The topological polar surface area (TPSA) is 78.8 Å². The Balaban J connectivity index is 2.27. The lowest BCUT2D eigenvalue weighted by molar-refractivity contribution is 0.189. The highest BCUT2D eigenvalue weighted by Crippen LogP contribution is 2.22. The fourth-order valence-corrected chi connectivity index (χ4v) is 1.62. The number of benzene rings is 1. The number of rotatable bonds is 5. The van der Waals surface area contributed by atoms with E-state index in [9.17, 15) is 4.39 Å². The third kappa shape index (κ3) is 2.62. The van der Waals surface area contributed by atoms with Crippen LogP contribution in [-0.4, -0.2) is 33.9 Å². The molecule has 0 aliphatic rings. The molecule has 0 spiro atoms. The van der Waals surface area contributed by atoms with Crippen LogP contribution in [0.2, 0.25) is 0 Å². The highest BCUT2D eigenvalue weighted by Gasteiger charge is 2.13. The highest BCUT2D eigenvalue weighted by molar-refractivity contribution is 5.61. The minimum atomic E-state index is -0.396. The molecule has 1 aromatic heterocycles. The molecule has 0 unspecified atom stereocenters. The van der Waals surface area contributed by atoms with Crippen molar-refractivity contribution in [1.82, 2.24) is 20.2 Å². The molecule has 2 rings (SSSR count). The first-order valence-electron chi connectivity index (χ1n) is 5.53. The number of nitrogens with two attached hydrogens (primary N) is 1. The van der Waals surface area contributed by atoms with Crippen LogP contribution in [0.4, 0.5) is 10.1 Å². The van der Waals surface area contributed by atoms with E-state index in [0.29, 0.717) is 30.2 Å². The third-order valence-corrected chi connectivity index (χ3v) is 2.48. The lowest BCUT2D eigenvalue weighted by atomic mass is 10.2. The molecule has 2 N–H and O–H groups in total. The van der Waals surface area contributed by atoms with Crippen molar-refractivity contribution in [3.05, 3.63) is 24.0 Å². The van der Waals surface area contributed by atoms with E-state index >= 15 is 0 Å². The smallest absolute Gasteiger partial charge is 0.185 e. The maximum absolute atomic E-state index is 13.7. The van der Waals surface area contributed by atoms with Crippen LogP contribution in [-0.2, 0) is 11.3 Å². The van der Waals surface area contributed by atoms with Gasteiger partial charge < -0.3 is 10.5 Å². The van der Waals surface area contributed by atoms with Crippen LogP contribution in [0.1, 0.15) is 6.42 Å². The summed E-state index contributed by atoms with van der Waals surface area (Å²) in [5, 5.41) is 11.2. The van der Waals surface area contributed by atoms with Crippen LogP contribution >= 0.6 is 0 Å². The summed E-state index contributed by atoms with van der Waals surface area (Å²) in [6.45, 7) is 1.16. The van der Waals surface area contributed by atoms with Crippen LogP contribution in [0.25, 0.3) is 11.4 Å². The van der Waals surface area contributed by atoms with Gasteiger partial charge in [0.25, 0.3) is 0 Å². The Labute approximate surface area is 104 Å². The Morgan fingerprint density at radius 3 is 3.06 bits per heavy atom. The third-order valence-electron chi connectivity index (χ3n) is 2.48.